The molecule has 0 heterocycles. The Balaban J connectivity index is 2.66. The molecule has 19 heavy (non-hydrogen) atoms. The number of benzene rings is 1. The van der Waals surface area contributed by atoms with Gasteiger partial charge in [0.25, 0.3) is 0 Å². The number of nitrogens with two attached hydrogens (primary N) is 1. The predicted molar refractivity (Wildman–Crippen MR) is 77.1 cm³/mol. The third kappa shape index (κ3) is 3.81. The summed E-state index contributed by atoms with van der Waals surface area (Å²) in [5.74, 6) is -0.0497. The van der Waals surface area contributed by atoms with Gasteiger partial charge in [-0.2, -0.15) is 0 Å². The van der Waals surface area contributed by atoms with Crippen molar-refractivity contribution in [2.75, 3.05) is 18.8 Å². The molecule has 2 N–H and O–H groups in total. The Morgan fingerprint density at radius 3 is 2.37 bits per heavy atom. The Bertz CT molecular complexity index is 465. The molecule has 0 aliphatic rings. The lowest BCUT2D eigenvalue weighted by molar-refractivity contribution is -0.130. The monoisotopic (exact) mass is 262 g/mol. The van der Waals surface area contributed by atoms with Crippen LogP contribution in [0.4, 0.5) is 5.69 Å². The molecule has 0 aromatic heterocycles. The minimum absolute atomic E-state index is 0.0181. The Hall–Kier alpha value is -1.84. The largest absolute Gasteiger partial charge is 0.398 e. The van der Waals surface area contributed by atoms with Gasteiger partial charge in [-0.15, -0.1) is 0 Å². The van der Waals surface area contributed by atoms with Crippen molar-refractivity contribution in [2.24, 2.45) is 0 Å². The Morgan fingerprint density at radius 1 is 1.16 bits per heavy atom. The molecule has 1 amide bonds. The molecule has 1 aromatic rings. The molecular weight excluding hydrogens is 240 g/mol. The molecule has 0 spiro atoms. The van der Waals surface area contributed by atoms with Crippen LogP contribution in [0.2, 0.25) is 0 Å². The van der Waals surface area contributed by atoms with Gasteiger partial charge in [-0.25, -0.2) is 0 Å². The van der Waals surface area contributed by atoms with E-state index in [2.05, 4.69) is 0 Å². The SMILES string of the molecule is CCN(CC)C(=O)CCC(=O)c1cccc(C)c1N. The molecule has 104 valence electrons. The predicted octanol–water partition coefficient (Wildman–Crippen LogP) is 2.41. The molecule has 0 fully saturated rings. The highest BCUT2D eigenvalue weighted by Gasteiger charge is 2.15. The van der Waals surface area contributed by atoms with E-state index < -0.39 is 0 Å². The Kier molecular flexibility index (Phi) is 5.55. The fraction of sp³-hybridized carbons (Fsp3) is 0.467. The molecular formula is C15H22N2O2. The van der Waals surface area contributed by atoms with Gasteiger partial charge in [0.15, 0.2) is 5.78 Å². The molecule has 4 nitrogen and oxygen atoms in total. The van der Waals surface area contributed by atoms with Crippen molar-refractivity contribution in [3.8, 4) is 0 Å². The van der Waals surface area contributed by atoms with Crippen molar-refractivity contribution in [1.29, 1.82) is 0 Å². The summed E-state index contributed by atoms with van der Waals surface area (Å²) in [5, 5.41) is 0. The smallest absolute Gasteiger partial charge is 0.223 e. The molecule has 1 aromatic carbocycles. The van der Waals surface area contributed by atoms with Crippen LogP contribution in [-0.2, 0) is 4.79 Å². The van der Waals surface area contributed by atoms with Crippen LogP contribution in [0.5, 0.6) is 0 Å². The highest BCUT2D eigenvalue weighted by molar-refractivity contribution is 6.02. The maximum Gasteiger partial charge on any atom is 0.223 e. The fourth-order valence-corrected chi connectivity index (χ4v) is 2.01. The lowest BCUT2D eigenvalue weighted by atomic mass is 10.0. The van der Waals surface area contributed by atoms with Crippen molar-refractivity contribution in [1.82, 2.24) is 4.90 Å². The van der Waals surface area contributed by atoms with Gasteiger partial charge in [-0.3, -0.25) is 9.59 Å². The number of nitrogen functional groups attached to an aromatic ring is 1. The number of ketones is 1. The summed E-state index contributed by atoms with van der Waals surface area (Å²) < 4.78 is 0. The molecule has 0 aliphatic carbocycles. The first-order chi connectivity index (χ1) is 9.01. The lowest BCUT2D eigenvalue weighted by Crippen LogP contribution is -2.30. The van der Waals surface area contributed by atoms with E-state index in [0.29, 0.717) is 24.3 Å². The van der Waals surface area contributed by atoms with E-state index in [0.717, 1.165) is 5.56 Å². The first-order valence-corrected chi connectivity index (χ1v) is 6.67. The first-order valence-electron chi connectivity index (χ1n) is 6.67. The van der Waals surface area contributed by atoms with Crippen molar-refractivity contribution in [3.05, 3.63) is 29.3 Å². The number of hydrogen-bond donors (Lipinski definition) is 1. The summed E-state index contributed by atoms with van der Waals surface area (Å²) in [4.78, 5) is 25.6. The van der Waals surface area contributed by atoms with Gasteiger partial charge in [0.1, 0.15) is 0 Å². The molecule has 0 unspecified atom stereocenters. The van der Waals surface area contributed by atoms with E-state index in [1.807, 2.05) is 32.9 Å². The standard InChI is InChI=1S/C15H22N2O2/c1-4-17(5-2)14(19)10-9-13(18)12-8-6-7-11(3)15(12)16/h6-8H,4-5,9-10,16H2,1-3H3. The highest BCUT2D eigenvalue weighted by Crippen LogP contribution is 2.18. The van der Waals surface area contributed by atoms with E-state index in [1.54, 1.807) is 11.0 Å². The molecule has 0 saturated heterocycles. The number of anilines is 1. The second-order valence-corrected chi connectivity index (χ2v) is 4.53. The van der Waals surface area contributed by atoms with Crippen molar-refractivity contribution in [3.63, 3.8) is 0 Å². The molecule has 0 bridgehead atoms. The number of hydrogen-bond acceptors (Lipinski definition) is 3. The van der Waals surface area contributed by atoms with E-state index in [1.165, 1.54) is 0 Å². The van der Waals surface area contributed by atoms with Gasteiger partial charge >= 0.3 is 0 Å². The molecule has 0 radical (unpaired) electrons. The van der Waals surface area contributed by atoms with Crippen LogP contribution in [0.3, 0.4) is 0 Å². The molecule has 0 atom stereocenters. The number of carbonyl (C=O) groups is 2. The number of rotatable bonds is 6. The first kappa shape index (κ1) is 15.2. The van der Waals surface area contributed by atoms with Crippen LogP contribution in [0.25, 0.3) is 0 Å². The zero-order valence-electron chi connectivity index (χ0n) is 11.9. The summed E-state index contributed by atoms with van der Waals surface area (Å²) >= 11 is 0. The van der Waals surface area contributed by atoms with Gasteiger partial charge in [-0.1, -0.05) is 12.1 Å². The number of nitrogens with zero attached hydrogens (tertiary/aromatic N) is 1. The number of para-hydroxylation sites is 1. The van der Waals surface area contributed by atoms with Gasteiger partial charge in [-0.05, 0) is 32.4 Å². The normalized spacial score (nSPS) is 10.3. The number of amides is 1. The van der Waals surface area contributed by atoms with Gasteiger partial charge in [0, 0.05) is 37.2 Å². The van der Waals surface area contributed by atoms with Crippen LogP contribution < -0.4 is 5.73 Å². The van der Waals surface area contributed by atoms with E-state index in [4.69, 9.17) is 5.73 Å². The molecule has 1 rings (SSSR count). The Labute approximate surface area is 114 Å². The van der Waals surface area contributed by atoms with Gasteiger partial charge < -0.3 is 10.6 Å². The Morgan fingerprint density at radius 2 is 1.79 bits per heavy atom. The van der Waals surface area contributed by atoms with Crippen molar-refractivity contribution in [2.45, 2.75) is 33.6 Å². The minimum Gasteiger partial charge on any atom is -0.398 e. The topological polar surface area (TPSA) is 63.4 Å². The zero-order valence-corrected chi connectivity index (χ0v) is 11.9. The average molecular weight is 262 g/mol. The van der Waals surface area contributed by atoms with Gasteiger partial charge in [0.05, 0.1) is 0 Å². The summed E-state index contributed by atoms with van der Waals surface area (Å²) in [6, 6.07) is 5.39. The van der Waals surface area contributed by atoms with Crippen LogP contribution in [0, 0.1) is 6.92 Å². The lowest BCUT2D eigenvalue weighted by Gasteiger charge is -2.18. The van der Waals surface area contributed by atoms with Gasteiger partial charge in [0.2, 0.25) is 5.91 Å². The van der Waals surface area contributed by atoms with Crippen LogP contribution in [0.15, 0.2) is 18.2 Å². The minimum atomic E-state index is -0.0679. The summed E-state index contributed by atoms with van der Waals surface area (Å²) in [6.45, 7) is 7.09. The van der Waals surface area contributed by atoms with E-state index >= 15 is 0 Å². The third-order valence-electron chi connectivity index (χ3n) is 3.31. The highest BCUT2D eigenvalue weighted by atomic mass is 16.2. The second kappa shape index (κ2) is 6.92. The van der Waals surface area contributed by atoms with E-state index in [-0.39, 0.29) is 24.5 Å². The second-order valence-electron chi connectivity index (χ2n) is 4.53. The summed E-state index contributed by atoms with van der Waals surface area (Å²) in [6.07, 6.45) is 0.455. The fourth-order valence-electron chi connectivity index (χ4n) is 2.01. The maximum absolute atomic E-state index is 12.1. The average Bonchev–Trinajstić information content (AvgIpc) is 2.40. The molecule has 0 aliphatic heterocycles. The third-order valence-corrected chi connectivity index (χ3v) is 3.31. The van der Waals surface area contributed by atoms with Crippen molar-refractivity contribution < 1.29 is 9.59 Å². The van der Waals surface area contributed by atoms with Crippen LogP contribution in [0.1, 0.15) is 42.6 Å². The number of Topliss-reactive ketones (excluding diaryl/α,β-unsaturated/α-hetero) is 1. The quantitative estimate of drug-likeness (QED) is 0.632. The maximum atomic E-state index is 12.1. The number of aryl methyl sites for hydroxylation is 1. The molecule has 0 saturated carbocycles. The van der Waals surface area contributed by atoms with Crippen LogP contribution in [-0.4, -0.2) is 29.7 Å². The summed E-state index contributed by atoms with van der Waals surface area (Å²) in [5.41, 5.74) is 7.81. The summed E-state index contributed by atoms with van der Waals surface area (Å²) in [7, 11) is 0. The molecule has 4 heteroatoms. The van der Waals surface area contributed by atoms with Crippen molar-refractivity contribution >= 4 is 17.4 Å². The van der Waals surface area contributed by atoms with Crippen LogP contribution >= 0.6 is 0 Å². The number of carbonyl (C=O) groups excluding carboxylic acids is 2. The zero-order chi connectivity index (χ0) is 14.4. The van der Waals surface area contributed by atoms with E-state index in [9.17, 15) is 9.59 Å².